The van der Waals surface area contributed by atoms with Gasteiger partial charge in [-0.15, -0.1) is 0 Å². The SMILES string of the molecule is CN1C[C@@H]2C[C@H]1CN2[C@@H]1CCN(C(=O)OC(C)(C)C)C1. The highest BCUT2D eigenvalue weighted by atomic mass is 16.6. The summed E-state index contributed by atoms with van der Waals surface area (Å²) < 4.78 is 5.47. The Morgan fingerprint density at radius 2 is 1.85 bits per heavy atom. The summed E-state index contributed by atoms with van der Waals surface area (Å²) in [6, 6.07) is 1.97. The normalized spacial score (nSPS) is 35.0. The van der Waals surface area contributed by atoms with Gasteiger partial charge in [-0.2, -0.15) is 0 Å². The fourth-order valence-corrected chi connectivity index (χ4v) is 3.85. The number of likely N-dealkylation sites (N-methyl/N-ethyl adjacent to an activating group) is 1. The first-order chi connectivity index (χ1) is 9.33. The lowest BCUT2D eigenvalue weighted by molar-refractivity contribution is 0.0270. The molecule has 3 rings (SSSR count). The van der Waals surface area contributed by atoms with Crippen molar-refractivity contribution in [2.24, 2.45) is 0 Å². The Labute approximate surface area is 121 Å². The highest BCUT2D eigenvalue weighted by molar-refractivity contribution is 5.68. The number of hydrogen-bond acceptors (Lipinski definition) is 4. The molecule has 0 aliphatic carbocycles. The number of piperazine rings is 1. The molecule has 0 spiro atoms. The number of fused-ring (bicyclic) bond motifs is 2. The van der Waals surface area contributed by atoms with Gasteiger partial charge in [0.25, 0.3) is 0 Å². The van der Waals surface area contributed by atoms with Crippen LogP contribution in [0.5, 0.6) is 0 Å². The van der Waals surface area contributed by atoms with Crippen molar-refractivity contribution in [3.05, 3.63) is 0 Å². The second kappa shape index (κ2) is 4.88. The van der Waals surface area contributed by atoms with Crippen molar-refractivity contribution >= 4 is 6.09 Å². The van der Waals surface area contributed by atoms with E-state index in [9.17, 15) is 4.79 Å². The van der Waals surface area contributed by atoms with Gasteiger partial charge in [0, 0.05) is 44.3 Å². The summed E-state index contributed by atoms with van der Waals surface area (Å²) in [6.07, 6.45) is 2.24. The molecule has 5 heteroatoms. The number of carbonyl (C=O) groups excluding carboxylic acids is 1. The Kier molecular flexibility index (Phi) is 3.45. The van der Waals surface area contributed by atoms with Crippen molar-refractivity contribution in [3.8, 4) is 0 Å². The van der Waals surface area contributed by atoms with Gasteiger partial charge in [0.2, 0.25) is 0 Å². The fourth-order valence-electron chi connectivity index (χ4n) is 3.85. The van der Waals surface area contributed by atoms with Crippen LogP contribution in [0.15, 0.2) is 0 Å². The Morgan fingerprint density at radius 1 is 1.10 bits per heavy atom. The molecule has 0 aromatic carbocycles. The van der Waals surface area contributed by atoms with Crippen molar-refractivity contribution in [3.63, 3.8) is 0 Å². The van der Waals surface area contributed by atoms with Gasteiger partial charge in [-0.3, -0.25) is 4.90 Å². The maximum atomic E-state index is 12.1. The summed E-state index contributed by atoms with van der Waals surface area (Å²) in [4.78, 5) is 19.1. The van der Waals surface area contributed by atoms with Crippen LogP contribution >= 0.6 is 0 Å². The average molecular weight is 281 g/mol. The van der Waals surface area contributed by atoms with E-state index in [0.717, 1.165) is 25.6 Å². The lowest BCUT2D eigenvalue weighted by atomic mass is 10.2. The number of rotatable bonds is 1. The van der Waals surface area contributed by atoms with E-state index in [0.29, 0.717) is 12.1 Å². The molecule has 5 nitrogen and oxygen atoms in total. The zero-order chi connectivity index (χ0) is 14.5. The maximum absolute atomic E-state index is 12.1. The molecule has 0 N–H and O–H groups in total. The molecular formula is C15H27N3O2. The van der Waals surface area contributed by atoms with Crippen molar-refractivity contribution < 1.29 is 9.53 Å². The van der Waals surface area contributed by atoms with Crippen LogP contribution in [0, 0.1) is 0 Å². The molecular weight excluding hydrogens is 254 g/mol. The first-order valence-electron chi connectivity index (χ1n) is 7.77. The standard InChI is InChI=1S/C15H27N3O2/c1-15(2,3)20-14(19)17-6-5-11(9-17)18-10-12-7-13(18)8-16(12)4/h11-13H,5-10H2,1-4H3/t11-,12+,13+/m1/s1. The molecule has 2 bridgehead atoms. The molecule has 3 aliphatic heterocycles. The Balaban J connectivity index is 1.54. The summed E-state index contributed by atoms with van der Waals surface area (Å²) in [5.41, 5.74) is -0.398. The quantitative estimate of drug-likeness (QED) is 0.727. The number of hydrogen-bond donors (Lipinski definition) is 0. The van der Waals surface area contributed by atoms with Crippen LogP contribution in [0.1, 0.15) is 33.6 Å². The largest absolute Gasteiger partial charge is 0.444 e. The van der Waals surface area contributed by atoms with Crippen LogP contribution in [0.25, 0.3) is 0 Å². The van der Waals surface area contributed by atoms with Crippen LogP contribution in [-0.4, -0.2) is 77.7 Å². The second-order valence-corrected chi connectivity index (χ2v) is 7.55. The minimum Gasteiger partial charge on any atom is -0.444 e. The van der Waals surface area contributed by atoms with Gasteiger partial charge >= 0.3 is 6.09 Å². The predicted octanol–water partition coefficient (Wildman–Crippen LogP) is 1.38. The highest BCUT2D eigenvalue weighted by Crippen LogP contribution is 2.33. The Morgan fingerprint density at radius 3 is 2.40 bits per heavy atom. The Hall–Kier alpha value is -0.810. The van der Waals surface area contributed by atoms with Crippen molar-refractivity contribution in [1.29, 1.82) is 0 Å². The lowest BCUT2D eigenvalue weighted by Crippen LogP contribution is -2.50. The molecule has 3 saturated heterocycles. The molecule has 0 aromatic heterocycles. The van der Waals surface area contributed by atoms with Gasteiger partial charge in [-0.1, -0.05) is 0 Å². The smallest absolute Gasteiger partial charge is 0.410 e. The third-order valence-corrected chi connectivity index (χ3v) is 4.84. The number of amides is 1. The predicted molar refractivity (Wildman–Crippen MR) is 77.7 cm³/mol. The zero-order valence-corrected chi connectivity index (χ0v) is 13.1. The number of likely N-dealkylation sites (tertiary alicyclic amines) is 3. The first kappa shape index (κ1) is 14.1. The topological polar surface area (TPSA) is 36.0 Å². The van der Waals surface area contributed by atoms with Crippen LogP contribution in [0.4, 0.5) is 4.79 Å². The van der Waals surface area contributed by atoms with Gasteiger partial charge in [-0.05, 0) is 40.7 Å². The molecule has 3 atom stereocenters. The summed E-state index contributed by atoms with van der Waals surface area (Å²) in [7, 11) is 2.23. The molecule has 114 valence electrons. The molecule has 3 fully saturated rings. The fraction of sp³-hybridized carbons (Fsp3) is 0.933. The van der Waals surface area contributed by atoms with Gasteiger partial charge in [-0.25, -0.2) is 4.79 Å². The lowest BCUT2D eigenvalue weighted by Gasteiger charge is -2.36. The van der Waals surface area contributed by atoms with E-state index in [1.165, 1.54) is 19.5 Å². The zero-order valence-electron chi connectivity index (χ0n) is 13.1. The molecule has 0 aromatic rings. The van der Waals surface area contributed by atoms with E-state index >= 15 is 0 Å². The van der Waals surface area contributed by atoms with Crippen LogP contribution in [0.3, 0.4) is 0 Å². The maximum Gasteiger partial charge on any atom is 0.410 e. The minimum absolute atomic E-state index is 0.151. The Bertz CT molecular complexity index is 391. The minimum atomic E-state index is -0.398. The van der Waals surface area contributed by atoms with E-state index in [-0.39, 0.29) is 6.09 Å². The van der Waals surface area contributed by atoms with Crippen LogP contribution in [0.2, 0.25) is 0 Å². The van der Waals surface area contributed by atoms with Crippen molar-refractivity contribution in [1.82, 2.24) is 14.7 Å². The van der Waals surface area contributed by atoms with Crippen LogP contribution < -0.4 is 0 Å². The number of ether oxygens (including phenoxy) is 1. The van der Waals surface area contributed by atoms with E-state index in [4.69, 9.17) is 4.74 Å². The monoisotopic (exact) mass is 281 g/mol. The molecule has 20 heavy (non-hydrogen) atoms. The van der Waals surface area contributed by atoms with Gasteiger partial charge < -0.3 is 14.5 Å². The molecule has 3 aliphatic rings. The average Bonchev–Trinajstić information content (AvgIpc) is 2.98. The van der Waals surface area contributed by atoms with E-state index in [1.54, 1.807) is 0 Å². The van der Waals surface area contributed by atoms with E-state index in [2.05, 4.69) is 16.8 Å². The van der Waals surface area contributed by atoms with Crippen molar-refractivity contribution in [2.75, 3.05) is 33.2 Å². The molecule has 0 saturated carbocycles. The van der Waals surface area contributed by atoms with Crippen molar-refractivity contribution in [2.45, 2.75) is 57.3 Å². The number of nitrogens with zero attached hydrogens (tertiary/aromatic N) is 3. The number of carbonyl (C=O) groups is 1. The van der Waals surface area contributed by atoms with E-state index < -0.39 is 5.60 Å². The molecule has 1 amide bonds. The van der Waals surface area contributed by atoms with Crippen LogP contribution in [-0.2, 0) is 4.74 Å². The second-order valence-electron chi connectivity index (χ2n) is 7.55. The molecule has 3 heterocycles. The summed E-state index contributed by atoms with van der Waals surface area (Å²) in [5.74, 6) is 0. The van der Waals surface area contributed by atoms with E-state index in [1.807, 2.05) is 25.7 Å². The third-order valence-electron chi connectivity index (χ3n) is 4.84. The summed E-state index contributed by atoms with van der Waals surface area (Å²) in [5, 5.41) is 0. The van der Waals surface area contributed by atoms with Gasteiger partial charge in [0.15, 0.2) is 0 Å². The summed E-state index contributed by atoms with van der Waals surface area (Å²) in [6.45, 7) is 9.81. The van der Waals surface area contributed by atoms with Gasteiger partial charge in [0.1, 0.15) is 5.60 Å². The molecule has 0 unspecified atom stereocenters. The third kappa shape index (κ3) is 2.66. The highest BCUT2D eigenvalue weighted by Gasteiger charge is 2.46. The summed E-state index contributed by atoms with van der Waals surface area (Å²) >= 11 is 0. The van der Waals surface area contributed by atoms with Gasteiger partial charge in [0.05, 0.1) is 0 Å². The molecule has 0 radical (unpaired) electrons. The first-order valence-corrected chi connectivity index (χ1v) is 7.77.